The Morgan fingerprint density at radius 3 is 2.47 bits per heavy atom. The van der Waals surface area contributed by atoms with Crippen molar-refractivity contribution in [3.8, 4) is 0 Å². The van der Waals surface area contributed by atoms with Gasteiger partial charge in [-0.15, -0.1) is 0 Å². The van der Waals surface area contributed by atoms with Crippen LogP contribution >= 0.6 is 15.9 Å². The zero-order chi connectivity index (χ0) is 13.0. The maximum atomic E-state index is 11.2. The van der Waals surface area contributed by atoms with Crippen LogP contribution in [0.4, 0.5) is 0 Å². The lowest BCUT2D eigenvalue weighted by molar-refractivity contribution is -0.144. The van der Waals surface area contributed by atoms with Gasteiger partial charge < -0.3 is 5.11 Å². The number of aliphatic carboxylic acids is 1. The lowest BCUT2D eigenvalue weighted by atomic mass is 10.0. The largest absolute Gasteiger partial charge is 0.480 e. The fraction of sp³-hybridized carbons (Fsp3) is 0.462. The van der Waals surface area contributed by atoms with E-state index in [1.165, 1.54) is 0 Å². The minimum absolute atomic E-state index is 0.0833. The van der Waals surface area contributed by atoms with Crippen molar-refractivity contribution < 1.29 is 9.90 Å². The zero-order valence-corrected chi connectivity index (χ0v) is 11.9. The molecular formula is C13H18BrNO2. The number of carbonyl (C=O) groups is 1. The molecule has 94 valence electrons. The average molecular weight is 300 g/mol. The molecule has 0 bridgehead atoms. The molecule has 1 atom stereocenters. The Morgan fingerprint density at radius 2 is 2.00 bits per heavy atom. The number of hydrogen-bond donors (Lipinski definition) is 1. The molecule has 0 aliphatic heterocycles. The maximum Gasteiger partial charge on any atom is 0.321 e. The van der Waals surface area contributed by atoms with Crippen molar-refractivity contribution in [2.75, 3.05) is 7.05 Å². The number of nitrogens with zero attached hydrogens (tertiary/aromatic N) is 1. The summed E-state index contributed by atoms with van der Waals surface area (Å²) in [6.07, 6.45) is 0. The second kappa shape index (κ2) is 6.17. The number of rotatable bonds is 5. The molecule has 0 spiro atoms. The van der Waals surface area contributed by atoms with Crippen molar-refractivity contribution >= 4 is 21.9 Å². The molecule has 0 unspecified atom stereocenters. The third-order valence-electron chi connectivity index (χ3n) is 2.74. The standard InChI is InChI=1S/C13H18BrNO2/c1-9(2)12(13(16)17)15(3)8-10-6-4-5-7-11(10)14/h4-7,9,12H,8H2,1-3H3,(H,16,17)/t12-/m0/s1. The van der Waals surface area contributed by atoms with E-state index in [0.717, 1.165) is 10.0 Å². The average Bonchev–Trinajstić information content (AvgIpc) is 2.20. The summed E-state index contributed by atoms with van der Waals surface area (Å²) < 4.78 is 1.01. The van der Waals surface area contributed by atoms with Crippen molar-refractivity contribution in [1.29, 1.82) is 0 Å². The summed E-state index contributed by atoms with van der Waals surface area (Å²) in [4.78, 5) is 13.1. The molecule has 0 amide bonds. The number of hydrogen-bond acceptors (Lipinski definition) is 2. The Labute approximate surface area is 111 Å². The van der Waals surface area contributed by atoms with Gasteiger partial charge in [-0.1, -0.05) is 48.0 Å². The molecule has 0 saturated carbocycles. The van der Waals surface area contributed by atoms with Gasteiger partial charge in [0, 0.05) is 11.0 Å². The summed E-state index contributed by atoms with van der Waals surface area (Å²) in [5.74, 6) is -0.686. The van der Waals surface area contributed by atoms with E-state index in [9.17, 15) is 9.90 Å². The van der Waals surface area contributed by atoms with Crippen LogP contribution in [0.25, 0.3) is 0 Å². The molecule has 1 aromatic rings. The minimum Gasteiger partial charge on any atom is -0.480 e. The van der Waals surface area contributed by atoms with E-state index >= 15 is 0 Å². The Morgan fingerprint density at radius 1 is 1.41 bits per heavy atom. The van der Waals surface area contributed by atoms with Crippen molar-refractivity contribution in [3.63, 3.8) is 0 Å². The van der Waals surface area contributed by atoms with E-state index in [-0.39, 0.29) is 5.92 Å². The molecule has 1 rings (SSSR count). The van der Waals surface area contributed by atoms with E-state index in [4.69, 9.17) is 0 Å². The first-order valence-corrected chi connectivity index (χ1v) is 6.39. The highest BCUT2D eigenvalue weighted by atomic mass is 79.9. The number of benzene rings is 1. The van der Waals surface area contributed by atoms with Gasteiger partial charge >= 0.3 is 5.97 Å². The molecule has 0 fully saturated rings. The van der Waals surface area contributed by atoms with Gasteiger partial charge in [-0.25, -0.2) is 0 Å². The lowest BCUT2D eigenvalue weighted by Crippen LogP contribution is -2.41. The summed E-state index contributed by atoms with van der Waals surface area (Å²) in [5, 5.41) is 9.21. The molecule has 0 aliphatic carbocycles. The van der Waals surface area contributed by atoms with Gasteiger partial charge in [0.2, 0.25) is 0 Å². The van der Waals surface area contributed by atoms with Crippen molar-refractivity contribution in [3.05, 3.63) is 34.3 Å². The van der Waals surface area contributed by atoms with Gasteiger partial charge in [0.05, 0.1) is 0 Å². The second-order valence-electron chi connectivity index (χ2n) is 4.53. The van der Waals surface area contributed by atoms with Crippen molar-refractivity contribution in [2.24, 2.45) is 5.92 Å². The third-order valence-corrected chi connectivity index (χ3v) is 3.51. The van der Waals surface area contributed by atoms with Crippen LogP contribution in [0.5, 0.6) is 0 Å². The predicted octanol–water partition coefficient (Wildman–Crippen LogP) is 2.99. The van der Waals surface area contributed by atoms with Crippen molar-refractivity contribution in [1.82, 2.24) is 4.90 Å². The molecule has 0 radical (unpaired) electrons. The fourth-order valence-electron chi connectivity index (χ4n) is 1.98. The Hall–Kier alpha value is -0.870. The minimum atomic E-state index is -0.769. The highest BCUT2D eigenvalue weighted by molar-refractivity contribution is 9.10. The van der Waals surface area contributed by atoms with Gasteiger partial charge in [-0.3, -0.25) is 9.69 Å². The summed E-state index contributed by atoms with van der Waals surface area (Å²) in [6, 6.07) is 7.42. The fourth-order valence-corrected chi connectivity index (χ4v) is 2.39. The first-order chi connectivity index (χ1) is 7.93. The Balaban J connectivity index is 2.81. The second-order valence-corrected chi connectivity index (χ2v) is 5.39. The Bertz CT molecular complexity index is 393. The zero-order valence-electron chi connectivity index (χ0n) is 10.4. The summed E-state index contributed by atoms with van der Waals surface area (Å²) in [6.45, 7) is 4.47. The molecule has 0 heterocycles. The number of carboxylic acid groups (broad SMARTS) is 1. The van der Waals surface area contributed by atoms with Gasteiger partial charge in [-0.2, -0.15) is 0 Å². The quantitative estimate of drug-likeness (QED) is 0.909. The molecule has 4 heteroatoms. The normalized spacial score (nSPS) is 13.1. The van der Waals surface area contributed by atoms with Crippen LogP contribution < -0.4 is 0 Å². The maximum absolute atomic E-state index is 11.2. The molecule has 1 aromatic carbocycles. The molecule has 0 saturated heterocycles. The Kier molecular flexibility index (Phi) is 5.15. The molecule has 17 heavy (non-hydrogen) atoms. The molecule has 1 N–H and O–H groups in total. The predicted molar refractivity (Wildman–Crippen MR) is 71.9 cm³/mol. The topological polar surface area (TPSA) is 40.5 Å². The van der Waals surface area contributed by atoms with Crippen LogP contribution in [0.15, 0.2) is 28.7 Å². The van der Waals surface area contributed by atoms with Crippen LogP contribution in [0.1, 0.15) is 19.4 Å². The van der Waals surface area contributed by atoms with Crippen LogP contribution in [0.3, 0.4) is 0 Å². The lowest BCUT2D eigenvalue weighted by Gasteiger charge is -2.27. The van der Waals surface area contributed by atoms with Crippen molar-refractivity contribution in [2.45, 2.75) is 26.4 Å². The molecule has 0 aromatic heterocycles. The number of halogens is 1. The number of carboxylic acids is 1. The monoisotopic (exact) mass is 299 g/mol. The molecular weight excluding hydrogens is 282 g/mol. The van der Waals surface area contributed by atoms with Crippen LogP contribution in [0, 0.1) is 5.92 Å². The summed E-state index contributed by atoms with van der Waals surface area (Å²) in [7, 11) is 1.85. The molecule has 3 nitrogen and oxygen atoms in total. The van der Waals surface area contributed by atoms with E-state index < -0.39 is 12.0 Å². The first kappa shape index (κ1) is 14.2. The van der Waals surface area contributed by atoms with E-state index in [0.29, 0.717) is 6.54 Å². The highest BCUT2D eigenvalue weighted by Gasteiger charge is 2.26. The van der Waals surface area contributed by atoms with Crippen LogP contribution in [-0.2, 0) is 11.3 Å². The van der Waals surface area contributed by atoms with Gasteiger partial charge in [0.25, 0.3) is 0 Å². The smallest absolute Gasteiger partial charge is 0.321 e. The number of likely N-dealkylation sites (N-methyl/N-ethyl adjacent to an activating group) is 1. The molecule has 0 aliphatic rings. The van der Waals surface area contributed by atoms with Crippen LogP contribution in [0.2, 0.25) is 0 Å². The van der Waals surface area contributed by atoms with E-state index in [1.807, 2.05) is 50.1 Å². The third kappa shape index (κ3) is 3.82. The van der Waals surface area contributed by atoms with Gasteiger partial charge in [0.15, 0.2) is 0 Å². The summed E-state index contributed by atoms with van der Waals surface area (Å²) in [5.41, 5.74) is 1.10. The summed E-state index contributed by atoms with van der Waals surface area (Å²) >= 11 is 3.47. The SMILES string of the molecule is CC(C)[C@@H](C(=O)O)N(C)Cc1ccccc1Br. The van der Waals surface area contributed by atoms with E-state index in [1.54, 1.807) is 0 Å². The highest BCUT2D eigenvalue weighted by Crippen LogP contribution is 2.20. The van der Waals surface area contributed by atoms with E-state index in [2.05, 4.69) is 15.9 Å². The van der Waals surface area contributed by atoms with Gasteiger partial charge in [-0.05, 0) is 24.6 Å². The van der Waals surface area contributed by atoms with Crippen LogP contribution in [-0.4, -0.2) is 29.1 Å². The van der Waals surface area contributed by atoms with Gasteiger partial charge in [0.1, 0.15) is 6.04 Å². The first-order valence-electron chi connectivity index (χ1n) is 5.60.